The minimum atomic E-state index is -0.415. The molecule has 0 aliphatic carbocycles. The van der Waals surface area contributed by atoms with Gasteiger partial charge in [0.1, 0.15) is 6.33 Å². The zero-order valence-corrected chi connectivity index (χ0v) is 11.3. The van der Waals surface area contributed by atoms with Crippen molar-refractivity contribution < 1.29 is 4.79 Å². The Bertz CT molecular complexity index is 869. The van der Waals surface area contributed by atoms with Crippen LogP contribution in [0.15, 0.2) is 53.7 Å². The van der Waals surface area contributed by atoms with Crippen LogP contribution in [0, 0.1) is 6.92 Å². The number of fused-ring (bicyclic) bond motifs is 1. The van der Waals surface area contributed by atoms with Crippen LogP contribution in [-0.2, 0) is 0 Å². The third kappa shape index (κ3) is 2.51. The fourth-order valence-electron chi connectivity index (χ4n) is 1.92. The van der Waals surface area contributed by atoms with E-state index in [1.807, 2.05) is 6.92 Å². The van der Waals surface area contributed by atoms with Crippen LogP contribution in [0.5, 0.6) is 0 Å². The van der Waals surface area contributed by atoms with E-state index in [4.69, 9.17) is 0 Å². The number of carbonyl (C=O) groups is 1. The first-order chi connectivity index (χ1) is 10.1. The molecule has 0 radical (unpaired) electrons. The van der Waals surface area contributed by atoms with E-state index in [0.717, 1.165) is 10.4 Å². The molecule has 104 valence electrons. The Kier molecular flexibility index (Phi) is 3.19. The first-order valence-electron chi connectivity index (χ1n) is 6.35. The molecule has 0 unspecified atom stereocenters. The molecule has 0 aliphatic heterocycles. The molecular weight excluding hydrogens is 268 g/mol. The van der Waals surface area contributed by atoms with Crippen molar-refractivity contribution in [1.29, 1.82) is 0 Å². The molecule has 0 bridgehead atoms. The molecule has 0 atom stereocenters. The summed E-state index contributed by atoms with van der Waals surface area (Å²) in [5, 5.41) is 0.447. The number of amides is 1. The number of carbonyl (C=O) groups excluding carboxylic acids is 1. The largest absolute Gasteiger partial charge is 0.280 e. The highest BCUT2D eigenvalue weighted by Gasteiger charge is 2.09. The molecule has 0 spiro atoms. The van der Waals surface area contributed by atoms with Crippen molar-refractivity contribution >= 4 is 16.8 Å². The number of pyridine rings is 1. The number of benzene rings is 1. The fourth-order valence-corrected chi connectivity index (χ4v) is 1.92. The highest BCUT2D eigenvalue weighted by atomic mass is 16.2. The molecular formula is C15H12N4O2. The van der Waals surface area contributed by atoms with Crippen molar-refractivity contribution in [2.75, 3.05) is 5.43 Å². The lowest BCUT2D eigenvalue weighted by molar-refractivity contribution is 0.101. The van der Waals surface area contributed by atoms with Crippen LogP contribution in [0.1, 0.15) is 16.1 Å². The molecule has 0 aliphatic rings. The highest BCUT2D eigenvalue weighted by molar-refractivity contribution is 5.99. The van der Waals surface area contributed by atoms with Crippen LogP contribution in [0.25, 0.3) is 10.9 Å². The second-order valence-corrected chi connectivity index (χ2v) is 4.57. The lowest BCUT2D eigenvalue weighted by Crippen LogP contribution is -2.33. The maximum atomic E-state index is 12.2. The second kappa shape index (κ2) is 5.16. The van der Waals surface area contributed by atoms with Gasteiger partial charge < -0.3 is 0 Å². The normalized spacial score (nSPS) is 10.5. The number of para-hydroxylation sites is 1. The Morgan fingerprint density at radius 1 is 1.14 bits per heavy atom. The molecule has 3 rings (SSSR count). The van der Waals surface area contributed by atoms with Crippen LogP contribution in [-0.4, -0.2) is 20.6 Å². The smallest absolute Gasteiger partial charge is 0.267 e. The Hall–Kier alpha value is -3.02. The Labute approximate surface area is 120 Å². The van der Waals surface area contributed by atoms with Crippen LogP contribution in [0.4, 0.5) is 0 Å². The zero-order chi connectivity index (χ0) is 14.8. The van der Waals surface area contributed by atoms with Gasteiger partial charge in [0.2, 0.25) is 0 Å². The van der Waals surface area contributed by atoms with Gasteiger partial charge in [-0.05, 0) is 31.2 Å². The van der Waals surface area contributed by atoms with Gasteiger partial charge in [0, 0.05) is 11.9 Å². The number of nitrogens with one attached hydrogen (secondary N) is 1. The van der Waals surface area contributed by atoms with Crippen LogP contribution >= 0.6 is 0 Å². The van der Waals surface area contributed by atoms with Gasteiger partial charge in [-0.1, -0.05) is 12.1 Å². The second-order valence-electron chi connectivity index (χ2n) is 4.57. The van der Waals surface area contributed by atoms with Gasteiger partial charge in [0.15, 0.2) is 0 Å². The molecule has 6 heteroatoms. The quantitative estimate of drug-likeness (QED) is 0.771. The number of aromatic nitrogens is 3. The van der Waals surface area contributed by atoms with Crippen LogP contribution < -0.4 is 11.0 Å². The molecule has 3 aromatic rings. The fraction of sp³-hybridized carbons (Fsp3) is 0.0667. The summed E-state index contributed by atoms with van der Waals surface area (Å²) >= 11 is 0. The van der Waals surface area contributed by atoms with Gasteiger partial charge in [0.25, 0.3) is 11.5 Å². The highest BCUT2D eigenvalue weighted by Crippen LogP contribution is 2.04. The van der Waals surface area contributed by atoms with Crippen molar-refractivity contribution in [3.63, 3.8) is 0 Å². The summed E-state index contributed by atoms with van der Waals surface area (Å²) in [7, 11) is 0. The monoisotopic (exact) mass is 280 g/mol. The lowest BCUT2D eigenvalue weighted by atomic mass is 10.2. The molecule has 1 N–H and O–H groups in total. The Balaban J connectivity index is 1.95. The topological polar surface area (TPSA) is 76.9 Å². The summed E-state index contributed by atoms with van der Waals surface area (Å²) in [5.74, 6) is -0.415. The molecule has 6 nitrogen and oxygen atoms in total. The third-order valence-electron chi connectivity index (χ3n) is 3.06. The van der Waals surface area contributed by atoms with Crippen molar-refractivity contribution in [2.24, 2.45) is 0 Å². The van der Waals surface area contributed by atoms with Gasteiger partial charge in [-0.15, -0.1) is 0 Å². The van der Waals surface area contributed by atoms with E-state index in [2.05, 4.69) is 15.4 Å². The molecule has 2 aromatic heterocycles. The van der Waals surface area contributed by atoms with Crippen molar-refractivity contribution in [3.05, 3.63) is 70.5 Å². The first kappa shape index (κ1) is 13.0. The van der Waals surface area contributed by atoms with E-state index in [-0.39, 0.29) is 5.56 Å². The van der Waals surface area contributed by atoms with Gasteiger partial charge in [-0.2, -0.15) is 0 Å². The Morgan fingerprint density at radius 2 is 1.95 bits per heavy atom. The standard InChI is InChI=1S/C15H12N4O2/c1-10-6-7-11(8-16-10)14(20)18-19-9-17-13-5-3-2-4-12(13)15(19)21/h2-9H,1H3,(H,18,20). The van der Waals surface area contributed by atoms with Gasteiger partial charge in [-0.3, -0.25) is 20.0 Å². The maximum Gasteiger partial charge on any atom is 0.280 e. The predicted molar refractivity (Wildman–Crippen MR) is 78.7 cm³/mol. The van der Waals surface area contributed by atoms with E-state index in [9.17, 15) is 9.59 Å². The van der Waals surface area contributed by atoms with E-state index in [1.165, 1.54) is 12.5 Å². The van der Waals surface area contributed by atoms with E-state index < -0.39 is 5.91 Å². The molecule has 0 saturated carbocycles. The third-order valence-corrected chi connectivity index (χ3v) is 3.06. The van der Waals surface area contributed by atoms with Crippen LogP contribution in [0.2, 0.25) is 0 Å². The molecule has 0 saturated heterocycles. The first-order valence-corrected chi connectivity index (χ1v) is 6.35. The average Bonchev–Trinajstić information content (AvgIpc) is 2.51. The number of aryl methyl sites for hydroxylation is 1. The molecule has 2 heterocycles. The zero-order valence-electron chi connectivity index (χ0n) is 11.3. The van der Waals surface area contributed by atoms with Crippen LogP contribution in [0.3, 0.4) is 0 Å². The predicted octanol–water partition coefficient (Wildman–Crippen LogP) is 1.48. The van der Waals surface area contributed by atoms with E-state index in [0.29, 0.717) is 16.5 Å². The summed E-state index contributed by atoms with van der Waals surface area (Å²) in [5.41, 5.74) is 3.96. The van der Waals surface area contributed by atoms with Gasteiger partial charge >= 0.3 is 0 Å². The number of hydrogen-bond acceptors (Lipinski definition) is 4. The number of hydrogen-bond donors (Lipinski definition) is 1. The van der Waals surface area contributed by atoms with Crippen molar-refractivity contribution in [2.45, 2.75) is 6.92 Å². The van der Waals surface area contributed by atoms with Crippen molar-refractivity contribution in [1.82, 2.24) is 14.6 Å². The SMILES string of the molecule is Cc1ccc(C(=O)Nn2cnc3ccccc3c2=O)cn1. The van der Waals surface area contributed by atoms with Gasteiger partial charge in [-0.25, -0.2) is 9.66 Å². The number of nitrogens with zero attached hydrogens (tertiary/aromatic N) is 3. The summed E-state index contributed by atoms with van der Waals surface area (Å²) in [4.78, 5) is 32.5. The average molecular weight is 280 g/mol. The van der Waals surface area contributed by atoms with E-state index >= 15 is 0 Å². The molecule has 1 amide bonds. The maximum absolute atomic E-state index is 12.2. The lowest BCUT2D eigenvalue weighted by Gasteiger charge is -2.08. The number of rotatable bonds is 2. The molecule has 0 fully saturated rings. The minimum Gasteiger partial charge on any atom is -0.267 e. The van der Waals surface area contributed by atoms with Crippen molar-refractivity contribution in [3.8, 4) is 0 Å². The molecule has 21 heavy (non-hydrogen) atoms. The minimum absolute atomic E-state index is 0.325. The summed E-state index contributed by atoms with van der Waals surface area (Å²) in [6, 6.07) is 10.3. The summed E-state index contributed by atoms with van der Waals surface area (Å²) in [6.07, 6.45) is 2.76. The summed E-state index contributed by atoms with van der Waals surface area (Å²) < 4.78 is 1.07. The van der Waals surface area contributed by atoms with E-state index in [1.54, 1.807) is 36.4 Å². The van der Waals surface area contributed by atoms with Gasteiger partial charge in [0.05, 0.1) is 16.5 Å². The summed E-state index contributed by atoms with van der Waals surface area (Å²) in [6.45, 7) is 1.83. The Morgan fingerprint density at radius 3 is 2.71 bits per heavy atom. The molecule has 1 aromatic carbocycles.